The maximum atomic E-state index is 12.3. The van der Waals surface area contributed by atoms with Crippen LogP contribution in [0, 0.1) is 19.8 Å². The van der Waals surface area contributed by atoms with E-state index in [2.05, 4.69) is 20.6 Å². The first-order valence-electron chi connectivity index (χ1n) is 7.91. The molecule has 1 atom stereocenters. The van der Waals surface area contributed by atoms with Crippen LogP contribution in [-0.2, 0) is 9.59 Å². The van der Waals surface area contributed by atoms with Gasteiger partial charge in [0.1, 0.15) is 11.6 Å². The molecule has 126 valence electrons. The smallest absolute Gasteiger partial charge is 0.256 e. The maximum Gasteiger partial charge on any atom is 0.256 e. The van der Waals surface area contributed by atoms with Crippen LogP contribution in [0.15, 0.2) is 60.2 Å². The highest BCUT2D eigenvalue weighted by atomic mass is 16.2. The largest absolute Gasteiger partial charge is 0.310 e. The van der Waals surface area contributed by atoms with Crippen molar-refractivity contribution in [3.8, 4) is 0 Å². The average Bonchev–Trinajstić information content (AvgIpc) is 3.05. The Bertz CT molecular complexity index is 886. The Morgan fingerprint density at radius 2 is 1.52 bits per heavy atom. The number of pyridine rings is 2. The Balaban J connectivity index is 1.64. The molecule has 0 saturated carbocycles. The van der Waals surface area contributed by atoms with Crippen LogP contribution in [-0.4, -0.2) is 21.8 Å². The van der Waals surface area contributed by atoms with Crippen molar-refractivity contribution in [3.05, 3.63) is 71.6 Å². The SMILES string of the molecule is Cc1cccc(NC(=O)C2=CC(C(=O)Nc3cccc(C)n3)C=C2)n1. The number of carbonyl (C=O) groups is 2. The topological polar surface area (TPSA) is 84.0 Å². The van der Waals surface area contributed by atoms with Gasteiger partial charge in [0.2, 0.25) is 5.91 Å². The monoisotopic (exact) mass is 334 g/mol. The van der Waals surface area contributed by atoms with E-state index in [4.69, 9.17) is 0 Å². The van der Waals surface area contributed by atoms with Gasteiger partial charge in [0.15, 0.2) is 0 Å². The van der Waals surface area contributed by atoms with Crippen LogP contribution in [0.25, 0.3) is 0 Å². The first kappa shape index (κ1) is 16.6. The van der Waals surface area contributed by atoms with E-state index >= 15 is 0 Å². The molecule has 25 heavy (non-hydrogen) atoms. The predicted octanol–water partition coefficient (Wildman–Crippen LogP) is 2.78. The molecular formula is C19H18N4O2. The van der Waals surface area contributed by atoms with E-state index in [9.17, 15) is 9.59 Å². The van der Waals surface area contributed by atoms with E-state index in [1.54, 1.807) is 30.4 Å². The van der Waals surface area contributed by atoms with Crippen molar-refractivity contribution in [1.82, 2.24) is 9.97 Å². The zero-order valence-electron chi connectivity index (χ0n) is 14.0. The van der Waals surface area contributed by atoms with Crippen LogP contribution in [0.3, 0.4) is 0 Å². The third-order valence-electron chi connectivity index (χ3n) is 3.68. The minimum atomic E-state index is -0.506. The lowest BCUT2D eigenvalue weighted by atomic mass is 10.1. The lowest BCUT2D eigenvalue weighted by Crippen LogP contribution is -2.20. The van der Waals surface area contributed by atoms with Gasteiger partial charge in [-0.25, -0.2) is 9.97 Å². The number of aryl methyl sites for hydroxylation is 2. The number of hydrogen-bond donors (Lipinski definition) is 2. The molecule has 0 bridgehead atoms. The molecule has 0 radical (unpaired) electrons. The molecule has 1 aliphatic carbocycles. The zero-order valence-corrected chi connectivity index (χ0v) is 14.0. The minimum Gasteiger partial charge on any atom is -0.310 e. The molecule has 0 spiro atoms. The van der Waals surface area contributed by atoms with Gasteiger partial charge in [-0.3, -0.25) is 9.59 Å². The Labute approximate surface area is 145 Å². The summed E-state index contributed by atoms with van der Waals surface area (Å²) in [5, 5.41) is 5.48. The van der Waals surface area contributed by atoms with Crippen LogP contribution in [0.2, 0.25) is 0 Å². The van der Waals surface area contributed by atoms with Crippen molar-refractivity contribution >= 4 is 23.5 Å². The van der Waals surface area contributed by atoms with Crippen molar-refractivity contribution in [2.45, 2.75) is 13.8 Å². The van der Waals surface area contributed by atoms with E-state index in [-0.39, 0.29) is 11.8 Å². The van der Waals surface area contributed by atoms with Gasteiger partial charge in [-0.15, -0.1) is 0 Å². The van der Waals surface area contributed by atoms with Gasteiger partial charge in [-0.1, -0.05) is 30.4 Å². The van der Waals surface area contributed by atoms with Crippen LogP contribution in [0.5, 0.6) is 0 Å². The molecule has 3 rings (SSSR count). The predicted molar refractivity (Wildman–Crippen MR) is 95.9 cm³/mol. The van der Waals surface area contributed by atoms with Crippen LogP contribution in [0.1, 0.15) is 11.4 Å². The van der Waals surface area contributed by atoms with E-state index < -0.39 is 5.92 Å². The summed E-state index contributed by atoms with van der Waals surface area (Å²) < 4.78 is 0. The highest BCUT2D eigenvalue weighted by Crippen LogP contribution is 2.19. The fourth-order valence-corrected chi connectivity index (χ4v) is 2.45. The van der Waals surface area contributed by atoms with Gasteiger partial charge in [0.05, 0.1) is 5.92 Å². The third-order valence-corrected chi connectivity index (χ3v) is 3.68. The third kappa shape index (κ3) is 4.17. The van der Waals surface area contributed by atoms with Crippen LogP contribution < -0.4 is 10.6 Å². The summed E-state index contributed by atoms with van der Waals surface area (Å²) in [6.07, 6.45) is 4.94. The first-order chi connectivity index (χ1) is 12.0. The number of nitrogens with zero attached hydrogens (tertiary/aromatic N) is 2. The summed E-state index contributed by atoms with van der Waals surface area (Å²) in [7, 11) is 0. The molecule has 6 heteroatoms. The normalized spacial score (nSPS) is 15.6. The molecule has 1 aliphatic rings. The van der Waals surface area contributed by atoms with E-state index in [1.165, 1.54) is 0 Å². The van der Waals surface area contributed by atoms with Crippen LogP contribution >= 0.6 is 0 Å². The number of carbonyl (C=O) groups excluding carboxylic acids is 2. The molecule has 2 aromatic heterocycles. The minimum absolute atomic E-state index is 0.231. The molecule has 0 aromatic carbocycles. The second kappa shape index (κ2) is 7.09. The van der Waals surface area contributed by atoms with E-state index in [0.29, 0.717) is 17.2 Å². The van der Waals surface area contributed by atoms with Crippen molar-refractivity contribution in [3.63, 3.8) is 0 Å². The molecule has 1 unspecified atom stereocenters. The Kier molecular flexibility index (Phi) is 4.70. The summed E-state index contributed by atoms with van der Waals surface area (Å²) >= 11 is 0. The van der Waals surface area contributed by atoms with Gasteiger partial charge >= 0.3 is 0 Å². The molecule has 2 aromatic rings. The number of amides is 2. The quantitative estimate of drug-likeness (QED) is 0.900. The summed E-state index contributed by atoms with van der Waals surface area (Å²) in [5.41, 5.74) is 2.07. The van der Waals surface area contributed by atoms with Gasteiger partial charge in [0.25, 0.3) is 5.91 Å². The number of aromatic nitrogens is 2. The molecule has 0 aliphatic heterocycles. The summed E-state index contributed by atoms with van der Waals surface area (Å²) in [5.74, 6) is -0.0532. The molecule has 0 saturated heterocycles. The van der Waals surface area contributed by atoms with Crippen molar-refractivity contribution < 1.29 is 9.59 Å². The molecule has 0 fully saturated rings. The number of nitrogens with one attached hydrogen (secondary N) is 2. The molecule has 2 N–H and O–H groups in total. The highest BCUT2D eigenvalue weighted by Gasteiger charge is 2.21. The maximum absolute atomic E-state index is 12.3. The number of anilines is 2. The Hall–Kier alpha value is -3.28. The standard InChI is InChI=1S/C19H18N4O2/c1-12-5-3-7-16(20-12)22-18(24)14-9-10-15(11-14)19(25)23-17-8-4-6-13(2)21-17/h3-11,14H,1-2H3,(H,20,22,24)(H,21,23,25). The summed E-state index contributed by atoms with van der Waals surface area (Å²) in [6.45, 7) is 3.71. The summed E-state index contributed by atoms with van der Waals surface area (Å²) in [4.78, 5) is 33.1. The second-order valence-electron chi connectivity index (χ2n) is 5.78. The Morgan fingerprint density at radius 1 is 0.920 bits per heavy atom. The molecular weight excluding hydrogens is 316 g/mol. The first-order valence-corrected chi connectivity index (χ1v) is 7.91. The molecule has 2 amide bonds. The van der Waals surface area contributed by atoms with Crippen molar-refractivity contribution in [2.24, 2.45) is 5.92 Å². The van der Waals surface area contributed by atoms with Crippen molar-refractivity contribution in [2.75, 3.05) is 10.6 Å². The molecule has 2 heterocycles. The number of hydrogen-bond acceptors (Lipinski definition) is 4. The summed E-state index contributed by atoms with van der Waals surface area (Å²) in [6, 6.07) is 10.8. The van der Waals surface area contributed by atoms with E-state index in [0.717, 1.165) is 11.4 Å². The van der Waals surface area contributed by atoms with Gasteiger partial charge in [-0.05, 0) is 38.1 Å². The average molecular weight is 334 g/mol. The lowest BCUT2D eigenvalue weighted by Gasteiger charge is -2.08. The van der Waals surface area contributed by atoms with Crippen LogP contribution in [0.4, 0.5) is 11.6 Å². The fourth-order valence-electron chi connectivity index (χ4n) is 2.45. The Morgan fingerprint density at radius 3 is 2.12 bits per heavy atom. The zero-order chi connectivity index (χ0) is 17.8. The lowest BCUT2D eigenvalue weighted by molar-refractivity contribution is -0.117. The van der Waals surface area contributed by atoms with Crippen molar-refractivity contribution in [1.29, 1.82) is 0 Å². The van der Waals surface area contributed by atoms with Gasteiger partial charge in [0, 0.05) is 17.0 Å². The second-order valence-corrected chi connectivity index (χ2v) is 5.78. The van der Waals surface area contributed by atoms with E-state index in [1.807, 2.05) is 38.1 Å². The van der Waals surface area contributed by atoms with Gasteiger partial charge in [-0.2, -0.15) is 0 Å². The molecule has 6 nitrogen and oxygen atoms in total. The highest BCUT2D eigenvalue weighted by molar-refractivity contribution is 6.07. The van der Waals surface area contributed by atoms with Gasteiger partial charge < -0.3 is 10.6 Å². The number of rotatable bonds is 4. The fraction of sp³-hybridized carbons (Fsp3) is 0.158.